The van der Waals surface area contributed by atoms with Gasteiger partial charge in [-0.05, 0) is 31.0 Å². The number of methoxy groups -OCH3 is 1. The number of carbonyl (C=O) groups is 2. The predicted molar refractivity (Wildman–Crippen MR) is 69.7 cm³/mol. The molecule has 1 aromatic carbocycles. The van der Waals surface area contributed by atoms with Gasteiger partial charge < -0.3 is 14.7 Å². The summed E-state index contributed by atoms with van der Waals surface area (Å²) in [7, 11) is 1.46. The summed E-state index contributed by atoms with van der Waals surface area (Å²) < 4.78 is 5.12. The van der Waals surface area contributed by atoms with Crippen molar-refractivity contribution in [2.75, 3.05) is 13.7 Å². The van der Waals surface area contributed by atoms with Crippen LogP contribution in [0.3, 0.4) is 0 Å². The van der Waals surface area contributed by atoms with Crippen LogP contribution in [0.5, 0.6) is 5.75 Å². The Hall–Kier alpha value is -1.75. The largest absolute Gasteiger partial charge is 0.496 e. The molecule has 1 aromatic rings. The number of hydrogen-bond acceptors (Lipinski definition) is 3. The topological polar surface area (TPSA) is 66.8 Å². The fourth-order valence-electron chi connectivity index (χ4n) is 2.27. The van der Waals surface area contributed by atoms with E-state index in [9.17, 15) is 9.59 Å². The van der Waals surface area contributed by atoms with Gasteiger partial charge in [0.05, 0.1) is 12.7 Å². The molecule has 1 aliphatic rings. The van der Waals surface area contributed by atoms with Crippen LogP contribution in [-0.4, -0.2) is 41.6 Å². The molecule has 2 rings (SSSR count). The molecule has 102 valence electrons. The second-order valence-corrected chi connectivity index (χ2v) is 4.78. The standard InChI is InChI=1S/C13H14ClNO4/c1-19-11-5-4-8(14)7-9(11)12(16)15-6-2-3-10(15)13(17)18/h4-5,7,10H,2-3,6H2,1H3,(H,17,18)/t10-/m0/s1. The van der Waals surface area contributed by atoms with E-state index in [0.717, 1.165) is 0 Å². The molecule has 19 heavy (non-hydrogen) atoms. The van der Waals surface area contributed by atoms with E-state index in [1.165, 1.54) is 18.1 Å². The highest BCUT2D eigenvalue weighted by Gasteiger charge is 2.35. The van der Waals surface area contributed by atoms with Gasteiger partial charge in [0.1, 0.15) is 11.8 Å². The summed E-state index contributed by atoms with van der Waals surface area (Å²) >= 11 is 5.88. The van der Waals surface area contributed by atoms with E-state index in [2.05, 4.69) is 0 Å². The zero-order valence-electron chi connectivity index (χ0n) is 10.4. The van der Waals surface area contributed by atoms with Gasteiger partial charge in [0, 0.05) is 11.6 Å². The Morgan fingerprint density at radius 3 is 2.84 bits per heavy atom. The Bertz CT molecular complexity index is 517. The number of carboxylic acid groups (broad SMARTS) is 1. The number of aliphatic carboxylic acids is 1. The SMILES string of the molecule is COc1ccc(Cl)cc1C(=O)N1CCC[C@H]1C(=O)O. The number of benzene rings is 1. The van der Waals surface area contributed by atoms with Crippen molar-refractivity contribution in [3.63, 3.8) is 0 Å². The van der Waals surface area contributed by atoms with E-state index in [1.807, 2.05) is 0 Å². The second-order valence-electron chi connectivity index (χ2n) is 4.34. The smallest absolute Gasteiger partial charge is 0.326 e. The van der Waals surface area contributed by atoms with Gasteiger partial charge in [-0.2, -0.15) is 0 Å². The van der Waals surface area contributed by atoms with E-state index >= 15 is 0 Å². The maximum atomic E-state index is 12.4. The monoisotopic (exact) mass is 283 g/mol. The Kier molecular flexibility index (Phi) is 3.95. The average Bonchev–Trinajstić information content (AvgIpc) is 2.87. The highest BCUT2D eigenvalue weighted by molar-refractivity contribution is 6.31. The van der Waals surface area contributed by atoms with Crippen LogP contribution in [0, 0.1) is 0 Å². The van der Waals surface area contributed by atoms with Crippen LogP contribution >= 0.6 is 11.6 Å². The fraction of sp³-hybridized carbons (Fsp3) is 0.385. The van der Waals surface area contributed by atoms with Crippen molar-refractivity contribution >= 4 is 23.5 Å². The third-order valence-corrected chi connectivity index (χ3v) is 3.43. The van der Waals surface area contributed by atoms with Crippen molar-refractivity contribution in [3.05, 3.63) is 28.8 Å². The molecule has 0 radical (unpaired) electrons. The van der Waals surface area contributed by atoms with Crippen molar-refractivity contribution in [1.82, 2.24) is 4.90 Å². The highest BCUT2D eigenvalue weighted by atomic mass is 35.5. The number of amides is 1. The molecule has 1 heterocycles. The van der Waals surface area contributed by atoms with Crippen molar-refractivity contribution in [1.29, 1.82) is 0 Å². The first kappa shape index (κ1) is 13.7. The molecule has 1 aliphatic heterocycles. The first-order valence-electron chi connectivity index (χ1n) is 5.92. The van der Waals surface area contributed by atoms with Crippen molar-refractivity contribution in [2.24, 2.45) is 0 Å². The van der Waals surface area contributed by atoms with E-state index in [4.69, 9.17) is 21.4 Å². The summed E-state index contributed by atoms with van der Waals surface area (Å²) in [5.74, 6) is -0.943. The summed E-state index contributed by atoms with van der Waals surface area (Å²) in [6, 6.07) is 3.95. The summed E-state index contributed by atoms with van der Waals surface area (Å²) in [5.41, 5.74) is 0.295. The molecule has 0 unspecified atom stereocenters. The van der Waals surface area contributed by atoms with Gasteiger partial charge in [-0.3, -0.25) is 4.79 Å². The Morgan fingerprint density at radius 1 is 1.47 bits per heavy atom. The minimum atomic E-state index is -0.980. The average molecular weight is 284 g/mol. The van der Waals surface area contributed by atoms with Crippen LogP contribution < -0.4 is 4.74 Å². The van der Waals surface area contributed by atoms with Crippen LogP contribution in [-0.2, 0) is 4.79 Å². The van der Waals surface area contributed by atoms with Crippen molar-refractivity contribution < 1.29 is 19.4 Å². The predicted octanol–water partition coefficient (Wildman–Crippen LogP) is 2.04. The molecule has 5 nitrogen and oxygen atoms in total. The fourth-order valence-corrected chi connectivity index (χ4v) is 2.44. The van der Waals surface area contributed by atoms with Gasteiger partial charge in [-0.1, -0.05) is 11.6 Å². The second kappa shape index (κ2) is 5.48. The molecule has 0 spiro atoms. The Morgan fingerprint density at radius 2 is 2.21 bits per heavy atom. The zero-order chi connectivity index (χ0) is 14.0. The van der Waals surface area contributed by atoms with E-state index in [-0.39, 0.29) is 5.91 Å². The maximum Gasteiger partial charge on any atom is 0.326 e. The molecular weight excluding hydrogens is 270 g/mol. The Labute approximate surface area is 115 Å². The number of nitrogens with zero attached hydrogens (tertiary/aromatic N) is 1. The van der Waals surface area contributed by atoms with E-state index < -0.39 is 12.0 Å². The molecular formula is C13H14ClNO4. The molecule has 0 aromatic heterocycles. The minimum Gasteiger partial charge on any atom is -0.496 e. The van der Waals surface area contributed by atoms with Crippen LogP contribution in [0.15, 0.2) is 18.2 Å². The lowest BCUT2D eigenvalue weighted by molar-refractivity contribution is -0.141. The summed E-state index contributed by atoms with van der Waals surface area (Å²) in [5, 5.41) is 9.52. The third-order valence-electron chi connectivity index (χ3n) is 3.19. The first-order chi connectivity index (χ1) is 9.04. The number of ether oxygens (including phenoxy) is 1. The molecule has 1 saturated heterocycles. The third kappa shape index (κ3) is 2.66. The van der Waals surface area contributed by atoms with Gasteiger partial charge in [-0.15, -0.1) is 0 Å². The van der Waals surface area contributed by atoms with Crippen LogP contribution in [0.2, 0.25) is 5.02 Å². The molecule has 1 fully saturated rings. The van der Waals surface area contributed by atoms with Gasteiger partial charge in [0.15, 0.2) is 0 Å². The van der Waals surface area contributed by atoms with Gasteiger partial charge in [0.25, 0.3) is 5.91 Å². The molecule has 1 N–H and O–H groups in total. The normalized spacial score (nSPS) is 18.4. The van der Waals surface area contributed by atoms with Gasteiger partial charge >= 0.3 is 5.97 Å². The Balaban J connectivity index is 2.33. The molecule has 0 bridgehead atoms. The van der Waals surface area contributed by atoms with E-state index in [0.29, 0.717) is 35.7 Å². The van der Waals surface area contributed by atoms with Crippen LogP contribution in [0.4, 0.5) is 0 Å². The lowest BCUT2D eigenvalue weighted by Crippen LogP contribution is -2.40. The highest BCUT2D eigenvalue weighted by Crippen LogP contribution is 2.27. The number of hydrogen-bond donors (Lipinski definition) is 1. The molecule has 0 saturated carbocycles. The number of carboxylic acids is 1. The van der Waals surface area contributed by atoms with E-state index in [1.54, 1.807) is 12.1 Å². The number of rotatable bonds is 3. The van der Waals surface area contributed by atoms with Crippen molar-refractivity contribution in [3.8, 4) is 5.75 Å². The quantitative estimate of drug-likeness (QED) is 0.922. The molecule has 1 atom stereocenters. The van der Waals surface area contributed by atoms with Crippen LogP contribution in [0.25, 0.3) is 0 Å². The zero-order valence-corrected chi connectivity index (χ0v) is 11.2. The lowest BCUT2D eigenvalue weighted by Gasteiger charge is -2.22. The summed E-state index contributed by atoms with van der Waals surface area (Å²) in [4.78, 5) is 24.9. The molecule has 0 aliphatic carbocycles. The summed E-state index contributed by atoms with van der Waals surface area (Å²) in [6.07, 6.45) is 1.16. The number of carbonyl (C=O) groups excluding carboxylic acids is 1. The van der Waals surface area contributed by atoms with Gasteiger partial charge in [-0.25, -0.2) is 4.79 Å². The molecule has 1 amide bonds. The molecule has 6 heteroatoms. The minimum absolute atomic E-state index is 0.295. The lowest BCUT2D eigenvalue weighted by atomic mass is 10.1. The number of likely N-dealkylation sites (tertiary alicyclic amines) is 1. The van der Waals surface area contributed by atoms with Crippen molar-refractivity contribution in [2.45, 2.75) is 18.9 Å². The van der Waals surface area contributed by atoms with Crippen LogP contribution in [0.1, 0.15) is 23.2 Å². The number of halogens is 1. The maximum absolute atomic E-state index is 12.4. The summed E-state index contributed by atoms with van der Waals surface area (Å²) in [6.45, 7) is 0.436. The first-order valence-corrected chi connectivity index (χ1v) is 6.29. The van der Waals surface area contributed by atoms with Gasteiger partial charge in [0.2, 0.25) is 0 Å².